The molecule has 0 spiro atoms. The van der Waals surface area contributed by atoms with Crippen LogP contribution < -0.4 is 10.5 Å². The highest BCUT2D eigenvalue weighted by molar-refractivity contribution is 9.10. The number of anilines is 1. The van der Waals surface area contributed by atoms with E-state index in [4.69, 9.17) is 10.5 Å². The van der Waals surface area contributed by atoms with Gasteiger partial charge in [-0.25, -0.2) is 0 Å². The summed E-state index contributed by atoms with van der Waals surface area (Å²) in [5, 5.41) is 1.11. The number of nitrogen functional groups attached to an aromatic ring is 1. The van der Waals surface area contributed by atoms with Gasteiger partial charge in [0.2, 0.25) is 0 Å². The quantitative estimate of drug-likeness (QED) is 0.715. The van der Waals surface area contributed by atoms with Gasteiger partial charge >= 0.3 is 0 Å². The summed E-state index contributed by atoms with van der Waals surface area (Å²) in [5.74, 6) is 0.848. The number of fused-ring (bicyclic) bond motifs is 1. The smallest absolute Gasteiger partial charge is 0.128 e. The minimum absolute atomic E-state index is 0.510. The van der Waals surface area contributed by atoms with Crippen LogP contribution in [-0.4, -0.2) is 4.98 Å². The first-order valence-electron chi connectivity index (χ1n) is 5.96. The van der Waals surface area contributed by atoms with Gasteiger partial charge in [-0.3, -0.25) is 0 Å². The molecule has 0 saturated heterocycles. The van der Waals surface area contributed by atoms with Gasteiger partial charge in [-0.15, -0.1) is 0 Å². The predicted molar refractivity (Wildman–Crippen MR) is 81.2 cm³/mol. The zero-order chi connectivity index (χ0) is 13.2. The Hall–Kier alpha value is -1.94. The third kappa shape index (κ3) is 2.74. The minimum Gasteiger partial charge on any atom is -0.487 e. The maximum Gasteiger partial charge on any atom is 0.128 e. The number of benzene rings is 2. The molecule has 0 atom stereocenters. The summed E-state index contributed by atoms with van der Waals surface area (Å²) in [6, 6.07) is 15.7. The molecule has 1 heterocycles. The Kier molecular flexibility index (Phi) is 3.17. The van der Waals surface area contributed by atoms with E-state index in [1.54, 1.807) is 0 Å². The number of rotatable bonds is 3. The third-order valence-corrected chi connectivity index (χ3v) is 3.44. The lowest BCUT2D eigenvalue weighted by Gasteiger charge is -2.04. The first kappa shape index (κ1) is 12.1. The van der Waals surface area contributed by atoms with Crippen LogP contribution >= 0.6 is 15.9 Å². The van der Waals surface area contributed by atoms with Gasteiger partial charge in [0.15, 0.2) is 0 Å². The molecule has 3 aromatic rings. The molecule has 0 aliphatic carbocycles. The van der Waals surface area contributed by atoms with Crippen LogP contribution in [0.15, 0.2) is 53.0 Å². The zero-order valence-electron chi connectivity index (χ0n) is 10.2. The van der Waals surface area contributed by atoms with E-state index in [1.807, 2.05) is 42.5 Å². The molecule has 19 heavy (non-hydrogen) atoms. The first-order chi connectivity index (χ1) is 9.20. The number of nitrogens with two attached hydrogens (primary N) is 1. The van der Waals surface area contributed by atoms with E-state index >= 15 is 0 Å². The fraction of sp³-hybridized carbons (Fsp3) is 0.0667. The Labute approximate surface area is 119 Å². The summed E-state index contributed by atoms with van der Waals surface area (Å²) in [6.45, 7) is 0.510. The van der Waals surface area contributed by atoms with E-state index in [9.17, 15) is 0 Å². The highest BCUT2D eigenvalue weighted by Gasteiger charge is 2.02. The fourth-order valence-electron chi connectivity index (χ4n) is 1.98. The normalized spacial score (nSPS) is 10.8. The van der Waals surface area contributed by atoms with Crippen LogP contribution in [0.5, 0.6) is 5.75 Å². The summed E-state index contributed by atoms with van der Waals surface area (Å²) < 4.78 is 6.77. The number of aromatic nitrogens is 1. The molecule has 0 radical (unpaired) electrons. The minimum atomic E-state index is 0.510. The van der Waals surface area contributed by atoms with Crippen molar-refractivity contribution in [1.82, 2.24) is 4.98 Å². The molecular formula is C15H13BrN2O. The lowest BCUT2D eigenvalue weighted by atomic mass is 10.2. The van der Waals surface area contributed by atoms with Crippen molar-refractivity contribution in [2.24, 2.45) is 0 Å². The van der Waals surface area contributed by atoms with E-state index < -0.39 is 0 Å². The van der Waals surface area contributed by atoms with Crippen LogP contribution in [0.1, 0.15) is 5.69 Å². The van der Waals surface area contributed by atoms with Crippen molar-refractivity contribution >= 4 is 32.5 Å². The van der Waals surface area contributed by atoms with Crippen molar-refractivity contribution in [2.45, 2.75) is 6.61 Å². The van der Waals surface area contributed by atoms with Crippen molar-refractivity contribution in [1.29, 1.82) is 0 Å². The van der Waals surface area contributed by atoms with Gasteiger partial charge in [0.1, 0.15) is 12.4 Å². The van der Waals surface area contributed by atoms with Crippen molar-refractivity contribution in [3.63, 3.8) is 0 Å². The van der Waals surface area contributed by atoms with Crippen molar-refractivity contribution in [3.05, 3.63) is 58.7 Å². The van der Waals surface area contributed by atoms with Gasteiger partial charge in [-0.05, 0) is 48.5 Å². The number of hydrogen-bond acceptors (Lipinski definition) is 2. The molecule has 2 aromatic carbocycles. The Bertz CT molecular complexity index is 704. The Morgan fingerprint density at radius 2 is 1.84 bits per heavy atom. The number of ether oxygens (including phenoxy) is 1. The van der Waals surface area contributed by atoms with Crippen LogP contribution in [0.2, 0.25) is 0 Å². The summed E-state index contributed by atoms with van der Waals surface area (Å²) in [5.41, 5.74) is 8.64. The molecule has 0 unspecified atom stereocenters. The van der Waals surface area contributed by atoms with Crippen LogP contribution in [0.25, 0.3) is 10.9 Å². The van der Waals surface area contributed by atoms with Crippen molar-refractivity contribution in [2.75, 3.05) is 5.73 Å². The van der Waals surface area contributed by atoms with E-state index in [0.29, 0.717) is 6.61 Å². The molecule has 3 nitrogen and oxygen atoms in total. The monoisotopic (exact) mass is 316 g/mol. The molecule has 0 aliphatic rings. The average molecular weight is 317 g/mol. The Morgan fingerprint density at radius 1 is 1.05 bits per heavy atom. The molecule has 3 rings (SSSR count). The zero-order valence-corrected chi connectivity index (χ0v) is 11.8. The van der Waals surface area contributed by atoms with E-state index in [2.05, 4.69) is 27.0 Å². The maximum atomic E-state index is 5.76. The molecule has 96 valence electrons. The summed E-state index contributed by atoms with van der Waals surface area (Å²) in [6.07, 6.45) is 0. The third-order valence-electron chi connectivity index (χ3n) is 2.91. The fourth-order valence-corrected chi connectivity index (χ4v) is 2.25. The molecule has 0 bridgehead atoms. The summed E-state index contributed by atoms with van der Waals surface area (Å²) >= 11 is 3.40. The van der Waals surface area contributed by atoms with Gasteiger partial charge < -0.3 is 15.5 Å². The summed E-state index contributed by atoms with van der Waals surface area (Å²) in [4.78, 5) is 3.31. The SMILES string of the molecule is Nc1ccc2[nH]c(COc3ccc(Br)cc3)cc2c1. The molecule has 0 saturated carbocycles. The van der Waals surface area contributed by atoms with Crippen LogP contribution in [0.3, 0.4) is 0 Å². The lowest BCUT2D eigenvalue weighted by Crippen LogP contribution is -1.94. The molecule has 0 fully saturated rings. The van der Waals surface area contributed by atoms with Crippen molar-refractivity contribution < 1.29 is 4.74 Å². The topological polar surface area (TPSA) is 51.0 Å². The first-order valence-corrected chi connectivity index (χ1v) is 6.75. The van der Waals surface area contributed by atoms with Gasteiger partial charge in [0.05, 0.1) is 5.69 Å². The number of H-pyrrole nitrogens is 1. The molecular weight excluding hydrogens is 304 g/mol. The Balaban J connectivity index is 1.76. The van der Waals surface area contributed by atoms with E-state index in [0.717, 1.165) is 32.5 Å². The second-order valence-corrected chi connectivity index (χ2v) is 5.30. The number of hydrogen-bond donors (Lipinski definition) is 2. The maximum absolute atomic E-state index is 5.76. The largest absolute Gasteiger partial charge is 0.487 e. The standard InChI is InChI=1S/C15H13BrN2O/c16-11-1-4-14(5-2-11)19-9-13-8-10-7-12(17)3-6-15(10)18-13/h1-8,18H,9,17H2. The second-order valence-electron chi connectivity index (χ2n) is 4.38. The van der Waals surface area contributed by atoms with E-state index in [1.165, 1.54) is 0 Å². The second kappa shape index (κ2) is 4.97. The number of nitrogens with one attached hydrogen (secondary N) is 1. The molecule has 1 aromatic heterocycles. The van der Waals surface area contributed by atoms with Gasteiger partial charge in [-0.1, -0.05) is 15.9 Å². The highest BCUT2D eigenvalue weighted by atomic mass is 79.9. The van der Waals surface area contributed by atoms with E-state index in [-0.39, 0.29) is 0 Å². The molecule has 0 aliphatic heterocycles. The van der Waals surface area contributed by atoms with Crippen LogP contribution in [0.4, 0.5) is 5.69 Å². The average Bonchev–Trinajstić information content (AvgIpc) is 2.80. The predicted octanol–water partition coefficient (Wildman–Crippen LogP) is 4.09. The number of halogens is 1. The van der Waals surface area contributed by atoms with Gasteiger partial charge in [0, 0.05) is 21.1 Å². The van der Waals surface area contributed by atoms with Crippen LogP contribution in [-0.2, 0) is 6.61 Å². The molecule has 0 amide bonds. The lowest BCUT2D eigenvalue weighted by molar-refractivity contribution is 0.302. The van der Waals surface area contributed by atoms with Crippen LogP contribution in [0, 0.1) is 0 Å². The van der Waals surface area contributed by atoms with Crippen molar-refractivity contribution in [3.8, 4) is 5.75 Å². The highest BCUT2D eigenvalue weighted by Crippen LogP contribution is 2.20. The Morgan fingerprint density at radius 3 is 2.63 bits per heavy atom. The number of aromatic amines is 1. The van der Waals surface area contributed by atoms with Gasteiger partial charge in [0.25, 0.3) is 0 Å². The summed E-state index contributed by atoms with van der Waals surface area (Å²) in [7, 11) is 0. The van der Waals surface area contributed by atoms with Gasteiger partial charge in [-0.2, -0.15) is 0 Å². The molecule has 4 heteroatoms. The molecule has 3 N–H and O–H groups in total.